The molecule has 34 heavy (non-hydrogen) atoms. The number of imidazole rings is 1. The van der Waals surface area contributed by atoms with E-state index in [0.717, 1.165) is 16.9 Å². The number of hydrogen-bond acceptors (Lipinski definition) is 6. The number of methoxy groups -OCH3 is 1. The number of nitrogens with one attached hydrogen (secondary N) is 1. The van der Waals surface area contributed by atoms with Crippen molar-refractivity contribution >= 4 is 34.7 Å². The lowest BCUT2D eigenvalue weighted by Gasteiger charge is -2.17. The molecule has 2 aromatic carbocycles. The van der Waals surface area contributed by atoms with Crippen molar-refractivity contribution in [2.45, 2.75) is 13.3 Å². The van der Waals surface area contributed by atoms with Crippen molar-refractivity contribution in [1.29, 1.82) is 0 Å². The van der Waals surface area contributed by atoms with Gasteiger partial charge in [-0.2, -0.15) is 0 Å². The Morgan fingerprint density at radius 2 is 2.00 bits per heavy atom. The van der Waals surface area contributed by atoms with Crippen LogP contribution >= 0.6 is 11.3 Å². The van der Waals surface area contributed by atoms with Crippen LogP contribution < -0.4 is 15.0 Å². The van der Waals surface area contributed by atoms with Crippen LogP contribution in [0.3, 0.4) is 0 Å². The Labute approximate surface area is 200 Å². The monoisotopic (exact) mass is 473 g/mol. The van der Waals surface area contributed by atoms with Crippen LogP contribution in [0.4, 0.5) is 11.5 Å². The van der Waals surface area contributed by atoms with E-state index >= 15 is 0 Å². The van der Waals surface area contributed by atoms with Crippen LogP contribution in [-0.4, -0.2) is 40.0 Å². The number of hydrogen-bond donors (Lipinski definition) is 1. The molecule has 0 saturated carbocycles. The number of carbonyl (C=O) groups excluding carboxylic acids is 2. The molecule has 1 fully saturated rings. The Morgan fingerprint density at radius 3 is 2.79 bits per heavy atom. The third kappa shape index (κ3) is 4.17. The second-order valence-corrected chi connectivity index (χ2v) is 8.84. The summed E-state index contributed by atoms with van der Waals surface area (Å²) in [6.45, 7) is 2.17. The van der Waals surface area contributed by atoms with Crippen LogP contribution in [0.1, 0.15) is 12.2 Å². The molecule has 2 aromatic heterocycles. The van der Waals surface area contributed by atoms with Crippen molar-refractivity contribution in [3.8, 4) is 22.1 Å². The first kappa shape index (κ1) is 21.8. The van der Waals surface area contributed by atoms with Crippen LogP contribution in [0.15, 0.2) is 66.2 Å². The van der Waals surface area contributed by atoms with Gasteiger partial charge in [0, 0.05) is 35.7 Å². The van der Waals surface area contributed by atoms with Gasteiger partial charge >= 0.3 is 0 Å². The number of ether oxygens (including phenoxy) is 1. The molecule has 1 aliphatic rings. The summed E-state index contributed by atoms with van der Waals surface area (Å²) in [5.74, 6) is 1.12. The largest absolute Gasteiger partial charge is 0.497 e. The summed E-state index contributed by atoms with van der Waals surface area (Å²) in [6.07, 6.45) is 1.76. The van der Waals surface area contributed by atoms with E-state index in [9.17, 15) is 9.59 Å². The predicted molar refractivity (Wildman–Crippen MR) is 131 cm³/mol. The average Bonchev–Trinajstić information content (AvgIpc) is 3.58. The van der Waals surface area contributed by atoms with Gasteiger partial charge in [0.25, 0.3) is 0 Å². The Morgan fingerprint density at radius 1 is 1.18 bits per heavy atom. The summed E-state index contributed by atoms with van der Waals surface area (Å²) >= 11 is 1.48. The first-order chi connectivity index (χ1) is 16.5. The predicted octanol–water partition coefficient (Wildman–Crippen LogP) is 4.30. The van der Waals surface area contributed by atoms with E-state index in [0.29, 0.717) is 29.1 Å². The van der Waals surface area contributed by atoms with E-state index in [1.807, 2.05) is 65.4 Å². The number of rotatable bonds is 6. The number of aromatic nitrogens is 3. The molecule has 1 unspecified atom stereocenters. The van der Waals surface area contributed by atoms with E-state index in [1.54, 1.807) is 24.3 Å². The maximum atomic E-state index is 13.1. The molecule has 8 nitrogen and oxygen atoms in total. The quantitative estimate of drug-likeness (QED) is 0.451. The normalized spacial score (nSPS) is 15.5. The van der Waals surface area contributed by atoms with E-state index in [-0.39, 0.29) is 18.2 Å². The zero-order valence-electron chi connectivity index (χ0n) is 18.8. The highest BCUT2D eigenvalue weighted by molar-refractivity contribution is 7.12. The van der Waals surface area contributed by atoms with Crippen LogP contribution in [0.2, 0.25) is 0 Å². The van der Waals surface area contributed by atoms with E-state index in [2.05, 4.69) is 10.3 Å². The SMILES string of the molecule is COc1cccc(N2CC(C(=O)Nc3cnc(C)n3-c3nc(-c4ccccc4)cs3)CC2=O)c1. The van der Waals surface area contributed by atoms with Gasteiger partial charge in [-0.25, -0.2) is 9.97 Å². The summed E-state index contributed by atoms with van der Waals surface area (Å²) in [5.41, 5.74) is 2.61. The summed E-state index contributed by atoms with van der Waals surface area (Å²) in [7, 11) is 1.58. The topological polar surface area (TPSA) is 89.3 Å². The third-order valence-electron chi connectivity index (χ3n) is 5.80. The Bertz CT molecular complexity index is 1350. The standard InChI is InChI=1S/C25H23N5O3S/c1-16-26-13-22(30(16)25-27-21(15-34-25)17-7-4-3-5-8-17)28-24(32)18-11-23(31)29(14-18)19-9-6-10-20(12-19)33-2/h3-10,12-13,15,18H,11,14H2,1-2H3,(H,28,32). The summed E-state index contributed by atoms with van der Waals surface area (Å²) < 4.78 is 7.08. The van der Waals surface area contributed by atoms with Crippen molar-refractivity contribution in [2.75, 3.05) is 23.9 Å². The highest BCUT2D eigenvalue weighted by Gasteiger charge is 2.35. The molecule has 0 radical (unpaired) electrons. The van der Waals surface area contributed by atoms with Crippen LogP contribution in [0.25, 0.3) is 16.4 Å². The van der Waals surface area contributed by atoms with Gasteiger partial charge < -0.3 is 15.0 Å². The minimum absolute atomic E-state index is 0.0921. The third-order valence-corrected chi connectivity index (χ3v) is 6.63. The molecule has 9 heteroatoms. The van der Waals surface area contributed by atoms with Gasteiger partial charge in [0.15, 0.2) is 5.13 Å². The zero-order chi connectivity index (χ0) is 23.7. The van der Waals surface area contributed by atoms with Gasteiger partial charge in [0.2, 0.25) is 11.8 Å². The van der Waals surface area contributed by atoms with Crippen molar-refractivity contribution in [2.24, 2.45) is 5.92 Å². The first-order valence-electron chi connectivity index (χ1n) is 10.8. The fourth-order valence-corrected chi connectivity index (χ4v) is 4.91. The fraction of sp³-hybridized carbons (Fsp3) is 0.200. The lowest BCUT2D eigenvalue weighted by atomic mass is 10.1. The Hall–Kier alpha value is -3.98. The second kappa shape index (κ2) is 9.11. The van der Waals surface area contributed by atoms with E-state index < -0.39 is 5.92 Å². The minimum atomic E-state index is -0.474. The van der Waals surface area contributed by atoms with Crippen molar-refractivity contribution in [3.05, 3.63) is 72.0 Å². The number of amides is 2. The molecule has 1 saturated heterocycles. The van der Waals surface area contributed by atoms with E-state index in [4.69, 9.17) is 9.72 Å². The number of nitrogens with zero attached hydrogens (tertiary/aromatic N) is 4. The van der Waals surface area contributed by atoms with Gasteiger partial charge in [-0.15, -0.1) is 11.3 Å². The number of benzene rings is 2. The molecular formula is C25H23N5O3S. The summed E-state index contributed by atoms with van der Waals surface area (Å²) in [4.78, 5) is 36.5. The molecule has 3 heterocycles. The Balaban J connectivity index is 1.34. The van der Waals surface area contributed by atoms with Crippen LogP contribution in [0, 0.1) is 12.8 Å². The molecule has 5 rings (SSSR count). The van der Waals surface area contributed by atoms with Gasteiger partial charge in [0.05, 0.1) is 24.9 Å². The molecule has 0 bridgehead atoms. The second-order valence-electron chi connectivity index (χ2n) is 8.00. The maximum Gasteiger partial charge on any atom is 0.230 e. The molecule has 1 aliphatic heterocycles. The zero-order valence-corrected chi connectivity index (χ0v) is 19.6. The summed E-state index contributed by atoms with van der Waals surface area (Å²) in [6, 6.07) is 17.2. The van der Waals surface area contributed by atoms with Gasteiger partial charge in [-0.1, -0.05) is 36.4 Å². The lowest BCUT2D eigenvalue weighted by molar-refractivity contribution is -0.122. The Kier molecular flexibility index (Phi) is 5.85. The number of carbonyl (C=O) groups is 2. The smallest absolute Gasteiger partial charge is 0.230 e. The molecule has 1 atom stereocenters. The molecule has 4 aromatic rings. The van der Waals surface area contributed by atoms with Crippen molar-refractivity contribution < 1.29 is 14.3 Å². The van der Waals surface area contributed by atoms with E-state index in [1.165, 1.54) is 11.3 Å². The number of anilines is 2. The molecule has 172 valence electrons. The maximum absolute atomic E-state index is 13.1. The van der Waals surface area contributed by atoms with Gasteiger partial charge in [-0.05, 0) is 19.1 Å². The fourth-order valence-electron chi connectivity index (χ4n) is 4.02. The van der Waals surface area contributed by atoms with Crippen molar-refractivity contribution in [3.63, 3.8) is 0 Å². The average molecular weight is 474 g/mol. The number of aryl methyl sites for hydroxylation is 1. The molecular weight excluding hydrogens is 450 g/mol. The van der Waals surface area contributed by atoms with Crippen LogP contribution in [-0.2, 0) is 9.59 Å². The number of thiazole rings is 1. The van der Waals surface area contributed by atoms with Gasteiger partial charge in [0.1, 0.15) is 17.4 Å². The molecule has 0 spiro atoms. The molecule has 1 N–H and O–H groups in total. The highest BCUT2D eigenvalue weighted by Crippen LogP contribution is 2.30. The highest BCUT2D eigenvalue weighted by atomic mass is 32.1. The van der Waals surface area contributed by atoms with Gasteiger partial charge in [-0.3, -0.25) is 14.2 Å². The van der Waals surface area contributed by atoms with Crippen LogP contribution in [0.5, 0.6) is 5.75 Å². The first-order valence-corrected chi connectivity index (χ1v) is 11.7. The van der Waals surface area contributed by atoms with Crippen molar-refractivity contribution in [1.82, 2.24) is 14.5 Å². The minimum Gasteiger partial charge on any atom is -0.497 e. The molecule has 0 aliphatic carbocycles. The summed E-state index contributed by atoms with van der Waals surface area (Å²) in [5, 5.41) is 5.66. The molecule has 2 amide bonds. The lowest BCUT2D eigenvalue weighted by Crippen LogP contribution is -2.28.